The van der Waals surface area contributed by atoms with Crippen LogP contribution in [0.25, 0.3) is 11.1 Å². The van der Waals surface area contributed by atoms with Crippen LogP contribution in [0, 0.1) is 0 Å². The van der Waals surface area contributed by atoms with Gasteiger partial charge in [0.2, 0.25) is 0 Å². The van der Waals surface area contributed by atoms with Gasteiger partial charge in [-0.15, -0.1) is 0 Å². The maximum atomic E-state index is 13.6. The van der Waals surface area contributed by atoms with Crippen LogP contribution in [-0.4, -0.2) is 20.3 Å². The fourth-order valence-corrected chi connectivity index (χ4v) is 4.30. The number of alkyl halides is 3. The number of hydrogen-bond donors (Lipinski definition) is 0. The van der Waals surface area contributed by atoms with Crippen LogP contribution in [-0.2, 0) is 26.6 Å². The maximum absolute atomic E-state index is 13.6. The standard InChI is InChI=1S/C22H16F3NO3S/c23-22(24,25)21(26-29-30(27,28)14-15-6-2-1-3-7-15)17-10-11-20-18(13-17)12-16-8-4-5-9-19(16)20/h1-11,13H,12,14H2. The average Bonchev–Trinajstić information content (AvgIpc) is 3.05. The van der Waals surface area contributed by atoms with Gasteiger partial charge >= 0.3 is 16.3 Å². The normalized spacial score (nSPS) is 13.6. The summed E-state index contributed by atoms with van der Waals surface area (Å²) in [7, 11) is -4.34. The van der Waals surface area contributed by atoms with Crippen LogP contribution < -0.4 is 0 Å². The van der Waals surface area contributed by atoms with E-state index in [1.807, 2.05) is 24.3 Å². The van der Waals surface area contributed by atoms with E-state index in [1.165, 1.54) is 24.3 Å². The first-order valence-electron chi connectivity index (χ1n) is 9.05. The fraction of sp³-hybridized carbons (Fsp3) is 0.136. The van der Waals surface area contributed by atoms with Gasteiger partial charge in [-0.2, -0.15) is 21.6 Å². The minimum absolute atomic E-state index is 0.246. The lowest BCUT2D eigenvalue weighted by molar-refractivity contribution is -0.0597. The van der Waals surface area contributed by atoms with Gasteiger partial charge in [-0.1, -0.05) is 71.9 Å². The number of hydrogen-bond acceptors (Lipinski definition) is 4. The second kappa shape index (κ2) is 7.60. The highest BCUT2D eigenvalue weighted by molar-refractivity contribution is 7.85. The monoisotopic (exact) mass is 431 g/mol. The zero-order valence-corrected chi connectivity index (χ0v) is 16.4. The van der Waals surface area contributed by atoms with E-state index in [4.69, 9.17) is 0 Å². The van der Waals surface area contributed by atoms with Gasteiger partial charge in [0.15, 0.2) is 5.71 Å². The summed E-state index contributed by atoms with van der Waals surface area (Å²) in [5.74, 6) is -0.581. The van der Waals surface area contributed by atoms with Gasteiger partial charge in [-0.3, -0.25) is 4.28 Å². The molecule has 0 atom stereocenters. The molecule has 0 N–H and O–H groups in total. The van der Waals surface area contributed by atoms with Crippen molar-refractivity contribution in [3.63, 3.8) is 0 Å². The van der Waals surface area contributed by atoms with E-state index in [0.29, 0.717) is 12.0 Å². The number of oxime groups is 1. The van der Waals surface area contributed by atoms with Gasteiger partial charge < -0.3 is 0 Å². The van der Waals surface area contributed by atoms with Gasteiger partial charge in [0, 0.05) is 5.56 Å². The van der Waals surface area contributed by atoms with Crippen molar-refractivity contribution in [1.29, 1.82) is 0 Å². The molecule has 0 saturated carbocycles. The topological polar surface area (TPSA) is 55.7 Å². The number of rotatable bonds is 5. The van der Waals surface area contributed by atoms with Crippen LogP contribution >= 0.6 is 0 Å². The zero-order valence-electron chi connectivity index (χ0n) is 15.6. The Labute approximate surface area is 171 Å². The Morgan fingerprint density at radius 2 is 1.57 bits per heavy atom. The smallest absolute Gasteiger partial charge is 0.268 e. The molecule has 0 aromatic heterocycles. The van der Waals surface area contributed by atoms with Gasteiger partial charge in [0.1, 0.15) is 5.75 Å². The summed E-state index contributed by atoms with van der Waals surface area (Å²) in [4.78, 5) is 0. The quantitative estimate of drug-likeness (QED) is 0.327. The minimum atomic E-state index is -4.89. The molecule has 0 unspecified atom stereocenters. The molecule has 1 aliphatic carbocycles. The van der Waals surface area contributed by atoms with E-state index in [2.05, 4.69) is 9.44 Å². The number of benzene rings is 3. The molecule has 0 heterocycles. The molecule has 154 valence electrons. The van der Waals surface area contributed by atoms with Crippen LogP contribution in [0.1, 0.15) is 22.3 Å². The Hall–Kier alpha value is -3.13. The molecule has 0 saturated heterocycles. The lowest BCUT2D eigenvalue weighted by Gasteiger charge is -2.12. The molecular formula is C22H16F3NO3S. The van der Waals surface area contributed by atoms with E-state index < -0.39 is 27.8 Å². The lowest BCUT2D eigenvalue weighted by Crippen LogP contribution is -2.25. The Kier molecular flexibility index (Phi) is 5.11. The third-order valence-electron chi connectivity index (χ3n) is 4.76. The molecule has 4 rings (SSSR count). The van der Waals surface area contributed by atoms with Crippen molar-refractivity contribution in [2.75, 3.05) is 0 Å². The molecule has 0 aliphatic heterocycles. The molecule has 0 amide bonds. The SMILES string of the molecule is O=S(=O)(Cc1ccccc1)ON=C(c1ccc2c(c1)Cc1ccccc1-2)C(F)(F)F. The molecule has 1 aliphatic rings. The average molecular weight is 431 g/mol. The van der Waals surface area contributed by atoms with Crippen molar-refractivity contribution in [3.8, 4) is 11.1 Å². The first kappa shape index (κ1) is 20.2. The highest BCUT2D eigenvalue weighted by Crippen LogP contribution is 2.37. The molecule has 4 nitrogen and oxygen atoms in total. The van der Waals surface area contributed by atoms with Crippen LogP contribution in [0.5, 0.6) is 0 Å². The molecular weight excluding hydrogens is 415 g/mol. The van der Waals surface area contributed by atoms with Gasteiger partial charge in [0.05, 0.1) is 0 Å². The molecule has 30 heavy (non-hydrogen) atoms. The van der Waals surface area contributed by atoms with Crippen molar-refractivity contribution in [3.05, 3.63) is 95.1 Å². The number of nitrogens with zero attached hydrogens (tertiary/aromatic N) is 1. The molecule has 0 fully saturated rings. The van der Waals surface area contributed by atoms with Crippen LogP contribution in [0.15, 0.2) is 78.0 Å². The van der Waals surface area contributed by atoms with Crippen LogP contribution in [0.3, 0.4) is 0 Å². The van der Waals surface area contributed by atoms with Crippen molar-refractivity contribution in [2.24, 2.45) is 5.16 Å². The first-order chi connectivity index (χ1) is 14.2. The molecule has 3 aromatic carbocycles. The van der Waals surface area contributed by atoms with E-state index in [1.54, 1.807) is 24.3 Å². The molecule has 8 heteroatoms. The Balaban J connectivity index is 1.63. The fourth-order valence-electron chi connectivity index (χ4n) is 3.46. The molecule has 0 bridgehead atoms. The summed E-state index contributed by atoms with van der Waals surface area (Å²) >= 11 is 0. The van der Waals surface area contributed by atoms with Crippen LogP contribution in [0.2, 0.25) is 0 Å². The van der Waals surface area contributed by atoms with E-state index in [9.17, 15) is 21.6 Å². The van der Waals surface area contributed by atoms with Crippen molar-refractivity contribution < 1.29 is 25.9 Å². The van der Waals surface area contributed by atoms with Gasteiger partial charge in [-0.05, 0) is 40.3 Å². The summed E-state index contributed by atoms with van der Waals surface area (Å²) in [5.41, 5.74) is 2.33. The Morgan fingerprint density at radius 3 is 2.30 bits per heavy atom. The summed E-state index contributed by atoms with van der Waals surface area (Å²) < 4.78 is 69.5. The predicted molar refractivity (Wildman–Crippen MR) is 107 cm³/mol. The zero-order chi connectivity index (χ0) is 21.4. The highest BCUT2D eigenvalue weighted by atomic mass is 32.2. The number of halogens is 3. The molecule has 0 radical (unpaired) electrons. The van der Waals surface area contributed by atoms with E-state index >= 15 is 0 Å². The predicted octanol–water partition coefficient (Wildman–Crippen LogP) is 5.07. The molecule has 0 spiro atoms. The highest BCUT2D eigenvalue weighted by Gasteiger charge is 2.39. The summed E-state index contributed by atoms with van der Waals surface area (Å²) in [5, 5.41) is 3.01. The summed E-state index contributed by atoms with van der Waals surface area (Å²) in [6.07, 6.45) is -4.39. The van der Waals surface area contributed by atoms with E-state index in [-0.39, 0.29) is 5.56 Å². The first-order valence-corrected chi connectivity index (χ1v) is 10.6. The maximum Gasteiger partial charge on any atom is 0.437 e. The molecule has 3 aromatic rings. The Bertz CT molecular complexity index is 1220. The minimum Gasteiger partial charge on any atom is -0.268 e. The third-order valence-corrected chi connectivity index (χ3v) is 5.75. The lowest BCUT2D eigenvalue weighted by atomic mass is 10.0. The van der Waals surface area contributed by atoms with Crippen LogP contribution in [0.4, 0.5) is 13.2 Å². The largest absolute Gasteiger partial charge is 0.437 e. The van der Waals surface area contributed by atoms with Crippen molar-refractivity contribution in [1.82, 2.24) is 0 Å². The second-order valence-electron chi connectivity index (χ2n) is 6.91. The van der Waals surface area contributed by atoms with E-state index in [0.717, 1.165) is 22.3 Å². The summed E-state index contributed by atoms with van der Waals surface area (Å²) in [6.45, 7) is 0. The number of fused-ring (bicyclic) bond motifs is 3. The van der Waals surface area contributed by atoms with Gasteiger partial charge in [0.25, 0.3) is 0 Å². The Morgan fingerprint density at radius 1 is 0.900 bits per heavy atom. The second-order valence-corrected chi connectivity index (χ2v) is 8.46. The third kappa shape index (κ3) is 4.23. The van der Waals surface area contributed by atoms with Crippen molar-refractivity contribution >= 4 is 15.8 Å². The van der Waals surface area contributed by atoms with Gasteiger partial charge in [-0.25, -0.2) is 0 Å². The van der Waals surface area contributed by atoms with Crippen molar-refractivity contribution in [2.45, 2.75) is 18.3 Å². The summed E-state index contributed by atoms with van der Waals surface area (Å²) in [6, 6.07) is 19.9.